The van der Waals surface area contributed by atoms with Gasteiger partial charge >= 0.3 is 0 Å². The Hall–Kier alpha value is -3.51. The number of aryl methyl sites for hydroxylation is 1. The van der Waals surface area contributed by atoms with E-state index in [1.165, 1.54) is 23.0 Å². The molecule has 1 aliphatic heterocycles. The summed E-state index contributed by atoms with van der Waals surface area (Å²) in [5.41, 5.74) is 4.79. The maximum absolute atomic E-state index is 12.6. The zero-order valence-electron chi connectivity index (χ0n) is 19.5. The van der Waals surface area contributed by atoms with Crippen LogP contribution in [0.25, 0.3) is 6.08 Å². The fourth-order valence-corrected chi connectivity index (χ4v) is 4.80. The quantitative estimate of drug-likeness (QED) is 0.326. The molecule has 34 heavy (non-hydrogen) atoms. The second-order valence-corrected chi connectivity index (χ2v) is 9.29. The van der Waals surface area contributed by atoms with Gasteiger partial charge in [-0.15, -0.1) is 0 Å². The molecule has 4 rings (SSSR count). The maximum Gasteiger partial charge on any atom is 0.262 e. The number of anilines is 2. The van der Waals surface area contributed by atoms with Crippen LogP contribution in [0.2, 0.25) is 0 Å². The van der Waals surface area contributed by atoms with Crippen molar-refractivity contribution in [2.45, 2.75) is 25.2 Å². The summed E-state index contributed by atoms with van der Waals surface area (Å²) in [6, 6.07) is 23.6. The van der Waals surface area contributed by atoms with E-state index in [1.54, 1.807) is 12.1 Å². The van der Waals surface area contributed by atoms with Crippen molar-refractivity contribution >= 4 is 41.0 Å². The number of hydrogen-bond donors (Lipinski definition) is 2. The van der Waals surface area contributed by atoms with E-state index < -0.39 is 0 Å². The van der Waals surface area contributed by atoms with Crippen molar-refractivity contribution in [3.8, 4) is 0 Å². The van der Waals surface area contributed by atoms with E-state index in [9.17, 15) is 9.59 Å². The van der Waals surface area contributed by atoms with Crippen LogP contribution in [0, 0.1) is 6.92 Å². The number of carbonyl (C=O) groups is 2. The molecule has 0 fully saturated rings. The first-order valence-electron chi connectivity index (χ1n) is 11.5. The molecule has 0 atom stereocenters. The molecule has 0 spiro atoms. The van der Waals surface area contributed by atoms with Crippen molar-refractivity contribution in [2.75, 3.05) is 29.9 Å². The van der Waals surface area contributed by atoms with Gasteiger partial charge in [0.15, 0.2) is 0 Å². The highest BCUT2D eigenvalue weighted by Crippen LogP contribution is 2.38. The van der Waals surface area contributed by atoms with Gasteiger partial charge < -0.3 is 15.5 Å². The molecule has 2 N–H and O–H groups in total. The first-order chi connectivity index (χ1) is 16.5. The van der Waals surface area contributed by atoms with Crippen LogP contribution in [-0.2, 0) is 4.79 Å². The lowest BCUT2D eigenvalue weighted by atomic mass is 10.1. The molecule has 0 saturated carbocycles. The van der Waals surface area contributed by atoms with Crippen LogP contribution in [0.1, 0.15) is 34.8 Å². The Labute approximate surface area is 205 Å². The van der Waals surface area contributed by atoms with Gasteiger partial charge in [-0.25, -0.2) is 0 Å². The van der Waals surface area contributed by atoms with Crippen molar-refractivity contribution in [1.82, 2.24) is 5.32 Å². The lowest BCUT2D eigenvalue weighted by Crippen LogP contribution is -2.30. The van der Waals surface area contributed by atoms with Gasteiger partial charge in [0.1, 0.15) is 0 Å². The number of carbonyl (C=O) groups excluding carboxylic acids is 2. The molecule has 0 aromatic heterocycles. The van der Waals surface area contributed by atoms with Crippen LogP contribution in [0.3, 0.4) is 0 Å². The normalized spacial score (nSPS) is 13.8. The Morgan fingerprint density at radius 1 is 1.06 bits per heavy atom. The monoisotopic (exact) mass is 471 g/mol. The average molecular weight is 472 g/mol. The number of para-hydroxylation sites is 1. The SMILES string of the molecule is CCN(CCCNC(=O)c1ccc(/C=C2/Sc3ccccc3NC2=O)cc1)c1cccc(C)c1. The van der Waals surface area contributed by atoms with Gasteiger partial charge in [-0.2, -0.15) is 0 Å². The first kappa shape index (κ1) is 23.6. The number of benzene rings is 3. The lowest BCUT2D eigenvalue weighted by molar-refractivity contribution is -0.112. The van der Waals surface area contributed by atoms with E-state index in [1.807, 2.05) is 42.5 Å². The molecule has 3 aromatic rings. The van der Waals surface area contributed by atoms with Crippen molar-refractivity contribution < 1.29 is 9.59 Å². The molecule has 1 aliphatic rings. The smallest absolute Gasteiger partial charge is 0.262 e. The van der Waals surface area contributed by atoms with Crippen molar-refractivity contribution in [3.05, 3.63) is 94.4 Å². The van der Waals surface area contributed by atoms with Crippen LogP contribution < -0.4 is 15.5 Å². The molecule has 0 aliphatic carbocycles. The summed E-state index contributed by atoms with van der Waals surface area (Å²) in [5.74, 6) is -0.200. The predicted molar refractivity (Wildman–Crippen MR) is 141 cm³/mol. The maximum atomic E-state index is 12.6. The van der Waals surface area contributed by atoms with E-state index in [4.69, 9.17) is 0 Å². The second-order valence-electron chi connectivity index (χ2n) is 8.21. The fourth-order valence-electron chi connectivity index (χ4n) is 3.85. The topological polar surface area (TPSA) is 61.4 Å². The third-order valence-electron chi connectivity index (χ3n) is 5.69. The van der Waals surface area contributed by atoms with E-state index in [2.05, 4.69) is 53.6 Å². The Bertz CT molecular complexity index is 1200. The van der Waals surface area contributed by atoms with Gasteiger partial charge in [-0.05, 0) is 73.9 Å². The van der Waals surface area contributed by atoms with Gasteiger partial charge in [0.2, 0.25) is 0 Å². The molecular weight excluding hydrogens is 442 g/mol. The number of hydrogen-bond acceptors (Lipinski definition) is 4. The Morgan fingerprint density at radius 2 is 1.85 bits per heavy atom. The molecule has 0 bridgehead atoms. The summed E-state index contributed by atoms with van der Waals surface area (Å²) in [7, 11) is 0. The number of nitrogens with one attached hydrogen (secondary N) is 2. The third-order valence-corrected chi connectivity index (χ3v) is 6.79. The summed E-state index contributed by atoms with van der Waals surface area (Å²) >= 11 is 1.45. The summed E-state index contributed by atoms with van der Waals surface area (Å²) in [6.45, 7) is 6.67. The number of nitrogens with zero attached hydrogens (tertiary/aromatic N) is 1. The zero-order chi connectivity index (χ0) is 23.9. The molecule has 6 heteroatoms. The molecule has 3 aromatic carbocycles. The fraction of sp³-hybridized carbons (Fsp3) is 0.214. The molecule has 5 nitrogen and oxygen atoms in total. The van der Waals surface area contributed by atoms with E-state index in [0.717, 1.165) is 35.7 Å². The second kappa shape index (κ2) is 11.1. The van der Waals surface area contributed by atoms with Gasteiger partial charge in [0.25, 0.3) is 11.8 Å². The van der Waals surface area contributed by atoms with Crippen LogP contribution >= 0.6 is 11.8 Å². The number of amides is 2. The van der Waals surface area contributed by atoms with E-state index >= 15 is 0 Å². The minimum absolute atomic E-state index is 0.0866. The minimum Gasteiger partial charge on any atom is -0.372 e. The zero-order valence-corrected chi connectivity index (χ0v) is 20.3. The number of rotatable bonds is 8. The van der Waals surface area contributed by atoms with Crippen molar-refractivity contribution in [1.29, 1.82) is 0 Å². The van der Waals surface area contributed by atoms with Crippen LogP contribution in [0.15, 0.2) is 82.6 Å². The Morgan fingerprint density at radius 3 is 2.62 bits per heavy atom. The van der Waals surface area contributed by atoms with Gasteiger partial charge in [0.05, 0.1) is 10.6 Å². The standard InChI is InChI=1S/C28H29N3O2S/c1-3-31(23-9-6-8-20(2)18-23)17-7-16-29-27(32)22-14-12-21(13-15-22)19-26-28(33)30-24-10-4-5-11-25(24)34-26/h4-6,8-15,18-19H,3,7,16-17H2,1-2H3,(H,29,32)(H,30,33)/b26-19+. The van der Waals surface area contributed by atoms with Gasteiger partial charge in [-0.3, -0.25) is 9.59 Å². The van der Waals surface area contributed by atoms with Crippen LogP contribution in [0.5, 0.6) is 0 Å². The highest BCUT2D eigenvalue weighted by Gasteiger charge is 2.20. The van der Waals surface area contributed by atoms with E-state index in [-0.39, 0.29) is 11.8 Å². The minimum atomic E-state index is -0.114. The molecule has 0 unspecified atom stereocenters. The van der Waals surface area contributed by atoms with E-state index in [0.29, 0.717) is 17.0 Å². The third kappa shape index (κ3) is 5.88. The molecular formula is C28H29N3O2S. The number of fused-ring (bicyclic) bond motifs is 1. The average Bonchev–Trinajstić information content (AvgIpc) is 2.85. The lowest BCUT2D eigenvalue weighted by Gasteiger charge is -2.23. The molecule has 0 saturated heterocycles. The van der Waals surface area contributed by atoms with Gasteiger partial charge in [0, 0.05) is 35.8 Å². The summed E-state index contributed by atoms with van der Waals surface area (Å²) in [5, 5.41) is 5.93. The van der Waals surface area contributed by atoms with Crippen LogP contribution in [-0.4, -0.2) is 31.4 Å². The summed E-state index contributed by atoms with van der Waals surface area (Å²) in [6.07, 6.45) is 2.72. The molecule has 1 heterocycles. The molecule has 2 amide bonds. The van der Waals surface area contributed by atoms with Crippen molar-refractivity contribution in [3.63, 3.8) is 0 Å². The van der Waals surface area contributed by atoms with Crippen molar-refractivity contribution in [2.24, 2.45) is 0 Å². The summed E-state index contributed by atoms with van der Waals surface area (Å²) < 4.78 is 0. The molecule has 0 radical (unpaired) electrons. The highest BCUT2D eigenvalue weighted by molar-refractivity contribution is 8.04. The van der Waals surface area contributed by atoms with Gasteiger partial charge in [-0.1, -0.05) is 48.2 Å². The molecule has 174 valence electrons. The summed E-state index contributed by atoms with van der Waals surface area (Å²) in [4.78, 5) is 28.9. The predicted octanol–water partition coefficient (Wildman–Crippen LogP) is 5.73. The largest absolute Gasteiger partial charge is 0.372 e. The number of thioether (sulfide) groups is 1. The Kier molecular flexibility index (Phi) is 7.70. The highest BCUT2D eigenvalue weighted by atomic mass is 32.2. The van der Waals surface area contributed by atoms with Crippen LogP contribution in [0.4, 0.5) is 11.4 Å². The Balaban J connectivity index is 1.29. The first-order valence-corrected chi connectivity index (χ1v) is 12.3.